The van der Waals surface area contributed by atoms with Crippen LogP contribution >= 0.6 is 0 Å². The van der Waals surface area contributed by atoms with Crippen molar-refractivity contribution < 1.29 is 12.8 Å². The smallest absolute Gasteiger partial charge is 0.240 e. The topological polar surface area (TPSA) is 76.9 Å². The average Bonchev–Trinajstić information content (AvgIpc) is 2.81. The fraction of sp³-hybridized carbons (Fsp3) is 0.333. The van der Waals surface area contributed by atoms with Crippen molar-refractivity contribution in [1.29, 1.82) is 0 Å². The van der Waals surface area contributed by atoms with E-state index in [0.717, 1.165) is 18.0 Å². The maximum Gasteiger partial charge on any atom is 0.240 e. The first-order valence-electron chi connectivity index (χ1n) is 6.07. The van der Waals surface area contributed by atoms with Gasteiger partial charge in [-0.05, 0) is 30.7 Å². The molecule has 0 spiro atoms. The Morgan fingerprint density at radius 2 is 2.00 bits per heavy atom. The van der Waals surface area contributed by atoms with Gasteiger partial charge in [0.2, 0.25) is 10.0 Å². The van der Waals surface area contributed by atoms with E-state index in [0.29, 0.717) is 12.8 Å². The highest BCUT2D eigenvalue weighted by atomic mass is 32.2. The summed E-state index contributed by atoms with van der Waals surface area (Å²) in [5.41, 5.74) is 0. The fourth-order valence-electron chi connectivity index (χ4n) is 1.68. The minimum absolute atomic E-state index is 0.0533. The second-order valence-corrected chi connectivity index (χ2v) is 6.08. The van der Waals surface area contributed by atoms with Crippen molar-refractivity contribution in [2.75, 3.05) is 6.54 Å². The second-order valence-electron chi connectivity index (χ2n) is 4.31. The molecule has 1 heterocycles. The molecule has 0 radical (unpaired) electrons. The van der Waals surface area contributed by atoms with Crippen molar-refractivity contribution in [3.05, 3.63) is 42.2 Å². The lowest BCUT2D eigenvalue weighted by Crippen LogP contribution is -2.25. The first-order valence-corrected chi connectivity index (χ1v) is 7.55. The van der Waals surface area contributed by atoms with Crippen molar-refractivity contribution in [1.82, 2.24) is 19.5 Å². The van der Waals surface area contributed by atoms with E-state index in [1.165, 1.54) is 12.1 Å². The van der Waals surface area contributed by atoms with Crippen molar-refractivity contribution in [3.63, 3.8) is 0 Å². The SMILES string of the molecule is Cn1cnnc1CCCNS(=O)(=O)c1ccc(F)cc1. The van der Waals surface area contributed by atoms with Gasteiger partial charge in [-0.1, -0.05) is 0 Å². The zero-order chi connectivity index (χ0) is 14.6. The Hall–Kier alpha value is -1.80. The van der Waals surface area contributed by atoms with Crippen LogP contribution in [-0.2, 0) is 23.5 Å². The number of sulfonamides is 1. The Balaban J connectivity index is 1.87. The standard InChI is InChI=1S/C12H15FN4O2S/c1-17-9-14-16-12(17)3-2-8-15-20(18,19)11-6-4-10(13)5-7-11/h4-7,9,15H,2-3,8H2,1H3. The number of nitrogens with one attached hydrogen (secondary N) is 1. The van der Waals surface area contributed by atoms with Crippen LogP contribution in [-0.4, -0.2) is 29.7 Å². The predicted octanol–water partition coefficient (Wildman–Crippen LogP) is 0.865. The van der Waals surface area contributed by atoms with Crippen molar-refractivity contribution in [2.24, 2.45) is 7.05 Å². The number of aromatic nitrogens is 3. The highest BCUT2D eigenvalue weighted by molar-refractivity contribution is 7.89. The number of aryl methyl sites for hydroxylation is 2. The maximum atomic E-state index is 12.7. The zero-order valence-electron chi connectivity index (χ0n) is 11.0. The predicted molar refractivity (Wildman–Crippen MR) is 70.9 cm³/mol. The van der Waals surface area contributed by atoms with Gasteiger partial charge in [-0.15, -0.1) is 10.2 Å². The monoisotopic (exact) mass is 298 g/mol. The molecule has 0 aliphatic heterocycles. The third kappa shape index (κ3) is 3.61. The van der Waals surface area contributed by atoms with Crippen LogP contribution in [0.3, 0.4) is 0 Å². The molecule has 0 aliphatic rings. The van der Waals surface area contributed by atoms with Crippen LogP contribution < -0.4 is 4.72 Å². The number of hydrogen-bond donors (Lipinski definition) is 1. The van der Waals surface area contributed by atoms with Gasteiger partial charge in [0.15, 0.2) is 0 Å². The van der Waals surface area contributed by atoms with E-state index < -0.39 is 15.8 Å². The molecular formula is C12H15FN4O2S. The zero-order valence-corrected chi connectivity index (χ0v) is 11.8. The van der Waals surface area contributed by atoms with Crippen molar-refractivity contribution in [2.45, 2.75) is 17.7 Å². The minimum atomic E-state index is -3.59. The Morgan fingerprint density at radius 3 is 2.60 bits per heavy atom. The summed E-state index contributed by atoms with van der Waals surface area (Å²) in [4.78, 5) is 0.0533. The van der Waals surface area contributed by atoms with Crippen LogP contribution in [0.4, 0.5) is 4.39 Å². The quantitative estimate of drug-likeness (QED) is 0.803. The molecule has 0 aliphatic carbocycles. The van der Waals surface area contributed by atoms with Gasteiger partial charge in [0.25, 0.3) is 0 Å². The Bertz CT molecular complexity index is 667. The molecule has 8 heteroatoms. The van der Waals surface area contributed by atoms with Crippen LogP contribution in [0.15, 0.2) is 35.5 Å². The number of nitrogens with zero attached hydrogens (tertiary/aromatic N) is 3. The molecule has 0 saturated heterocycles. The lowest BCUT2D eigenvalue weighted by atomic mass is 10.3. The van der Waals surface area contributed by atoms with E-state index in [-0.39, 0.29) is 11.4 Å². The first kappa shape index (κ1) is 14.6. The molecule has 108 valence electrons. The summed E-state index contributed by atoms with van der Waals surface area (Å²) in [6, 6.07) is 4.71. The molecule has 6 nitrogen and oxygen atoms in total. The van der Waals surface area contributed by atoms with Crippen LogP contribution in [0.25, 0.3) is 0 Å². The minimum Gasteiger partial charge on any atom is -0.321 e. The summed E-state index contributed by atoms with van der Waals surface area (Å²) in [6.45, 7) is 0.284. The second kappa shape index (κ2) is 6.10. The molecule has 0 amide bonds. The van der Waals surface area contributed by atoms with Gasteiger partial charge in [-0.3, -0.25) is 0 Å². The third-order valence-electron chi connectivity index (χ3n) is 2.80. The molecule has 0 unspecified atom stereocenters. The molecular weight excluding hydrogens is 283 g/mol. The lowest BCUT2D eigenvalue weighted by molar-refractivity contribution is 0.576. The summed E-state index contributed by atoms with van der Waals surface area (Å²) < 4.78 is 40.8. The molecule has 1 aromatic carbocycles. The summed E-state index contributed by atoms with van der Waals surface area (Å²) in [7, 11) is -1.76. The summed E-state index contributed by atoms with van der Waals surface area (Å²) in [5.74, 6) is 0.331. The molecule has 1 N–H and O–H groups in total. The van der Waals surface area contributed by atoms with Crippen LogP contribution in [0.1, 0.15) is 12.2 Å². The average molecular weight is 298 g/mol. The number of rotatable bonds is 6. The van der Waals surface area contributed by atoms with Crippen LogP contribution in [0.5, 0.6) is 0 Å². The van der Waals surface area contributed by atoms with E-state index in [2.05, 4.69) is 14.9 Å². The van der Waals surface area contributed by atoms with E-state index >= 15 is 0 Å². The van der Waals surface area contributed by atoms with E-state index in [4.69, 9.17) is 0 Å². The Kier molecular flexibility index (Phi) is 4.46. The lowest BCUT2D eigenvalue weighted by Gasteiger charge is -2.06. The fourth-order valence-corrected chi connectivity index (χ4v) is 2.76. The molecule has 2 aromatic rings. The Morgan fingerprint density at radius 1 is 1.30 bits per heavy atom. The van der Waals surface area contributed by atoms with E-state index in [9.17, 15) is 12.8 Å². The van der Waals surface area contributed by atoms with Crippen molar-refractivity contribution >= 4 is 10.0 Å². The molecule has 1 aromatic heterocycles. The van der Waals surface area contributed by atoms with Gasteiger partial charge in [0.1, 0.15) is 18.0 Å². The highest BCUT2D eigenvalue weighted by Gasteiger charge is 2.13. The maximum absolute atomic E-state index is 12.7. The number of benzene rings is 1. The Labute approximate surface area is 116 Å². The molecule has 20 heavy (non-hydrogen) atoms. The summed E-state index contributed by atoms with van der Waals surface area (Å²) >= 11 is 0. The van der Waals surface area contributed by atoms with Crippen molar-refractivity contribution in [3.8, 4) is 0 Å². The van der Waals surface area contributed by atoms with Gasteiger partial charge in [-0.2, -0.15) is 0 Å². The van der Waals surface area contributed by atoms with E-state index in [1.807, 2.05) is 7.05 Å². The van der Waals surface area contributed by atoms with Gasteiger partial charge in [0, 0.05) is 20.0 Å². The van der Waals surface area contributed by atoms with Crippen LogP contribution in [0.2, 0.25) is 0 Å². The van der Waals surface area contributed by atoms with Gasteiger partial charge < -0.3 is 4.57 Å². The molecule has 2 rings (SSSR count). The largest absolute Gasteiger partial charge is 0.321 e. The molecule has 0 fully saturated rings. The van der Waals surface area contributed by atoms with Gasteiger partial charge in [-0.25, -0.2) is 17.5 Å². The molecule has 0 bridgehead atoms. The van der Waals surface area contributed by atoms with Crippen LogP contribution in [0, 0.1) is 5.82 Å². The molecule has 0 saturated carbocycles. The molecule has 0 atom stereocenters. The summed E-state index contributed by atoms with van der Waals surface area (Å²) in [5, 5.41) is 7.66. The summed E-state index contributed by atoms with van der Waals surface area (Å²) in [6.07, 6.45) is 2.83. The van der Waals surface area contributed by atoms with Gasteiger partial charge >= 0.3 is 0 Å². The number of halogens is 1. The normalized spacial score (nSPS) is 11.7. The first-order chi connectivity index (χ1) is 9.49. The highest BCUT2D eigenvalue weighted by Crippen LogP contribution is 2.09. The number of hydrogen-bond acceptors (Lipinski definition) is 4. The van der Waals surface area contributed by atoms with E-state index in [1.54, 1.807) is 10.9 Å². The third-order valence-corrected chi connectivity index (χ3v) is 4.28. The van der Waals surface area contributed by atoms with Gasteiger partial charge in [0.05, 0.1) is 4.90 Å².